The van der Waals surface area contributed by atoms with Crippen molar-refractivity contribution in [1.82, 2.24) is 0 Å². The van der Waals surface area contributed by atoms with Crippen LogP contribution in [0.25, 0.3) is 0 Å². The lowest BCUT2D eigenvalue weighted by molar-refractivity contribution is -0.153. The number of hydrogen-bond acceptors (Lipinski definition) is 2. The highest BCUT2D eigenvalue weighted by Crippen LogP contribution is 2.37. The second-order valence-electron chi connectivity index (χ2n) is 2.95. The number of halogens is 5. The summed E-state index contributed by atoms with van der Waals surface area (Å²) in [7, 11) is 0. The molecule has 1 rings (SSSR count). The summed E-state index contributed by atoms with van der Waals surface area (Å²) in [5.41, 5.74) is -0.176. The molecule has 0 spiro atoms. The van der Waals surface area contributed by atoms with Crippen LogP contribution in [0.2, 0.25) is 0 Å². The largest absolute Gasteiger partial charge is 0.482 e. The second kappa shape index (κ2) is 5.26. The van der Waals surface area contributed by atoms with E-state index in [1.807, 2.05) is 0 Å². The van der Waals surface area contributed by atoms with Crippen LogP contribution >= 0.6 is 31.9 Å². The summed E-state index contributed by atoms with van der Waals surface area (Å²) in [4.78, 5) is 10.8. The molecule has 3 nitrogen and oxygen atoms in total. The Morgan fingerprint density at radius 3 is 2.41 bits per heavy atom. The van der Waals surface area contributed by atoms with Crippen LogP contribution in [0, 0.1) is 0 Å². The van der Waals surface area contributed by atoms with Crippen LogP contribution in [0.5, 0.6) is 5.75 Å². The Labute approximate surface area is 111 Å². The van der Waals surface area contributed by atoms with Gasteiger partial charge in [-0.25, -0.2) is 4.79 Å². The third-order valence-corrected chi connectivity index (χ3v) is 3.07. The van der Waals surface area contributed by atoms with Crippen molar-refractivity contribution in [3.05, 3.63) is 26.6 Å². The summed E-state index contributed by atoms with van der Waals surface area (Å²) in [6.45, 7) is -1.49. The van der Waals surface area contributed by atoms with Gasteiger partial charge in [0, 0.05) is 0 Å². The van der Waals surface area contributed by atoms with Crippen molar-refractivity contribution < 1.29 is 27.8 Å². The molecule has 0 heterocycles. The summed E-state index contributed by atoms with van der Waals surface area (Å²) in [6.07, 6.45) is -4.49. The monoisotopic (exact) mass is 376 g/mol. The molecule has 0 saturated heterocycles. The van der Waals surface area contributed by atoms with Gasteiger partial charge in [0.15, 0.2) is 6.61 Å². The first-order chi connectivity index (χ1) is 7.72. The molecule has 0 aliphatic carbocycles. The van der Waals surface area contributed by atoms with Crippen molar-refractivity contribution >= 4 is 37.8 Å². The van der Waals surface area contributed by atoms with Gasteiger partial charge in [-0.2, -0.15) is 13.2 Å². The zero-order chi connectivity index (χ0) is 13.2. The first-order valence-electron chi connectivity index (χ1n) is 4.13. The van der Waals surface area contributed by atoms with Crippen molar-refractivity contribution in [3.63, 3.8) is 0 Å². The second-order valence-corrected chi connectivity index (χ2v) is 4.59. The van der Waals surface area contributed by atoms with Crippen LogP contribution in [0.15, 0.2) is 21.1 Å². The van der Waals surface area contributed by atoms with Crippen molar-refractivity contribution in [1.29, 1.82) is 0 Å². The number of carboxylic acids is 1. The molecule has 0 unspecified atom stereocenters. The molecule has 17 heavy (non-hydrogen) atoms. The van der Waals surface area contributed by atoms with Crippen LogP contribution in [-0.4, -0.2) is 23.9 Å². The maximum absolute atomic E-state index is 12.0. The third-order valence-electron chi connectivity index (χ3n) is 1.66. The standard InChI is InChI=1S/C9H5Br2F3O3/c10-5-2-1-4(8(15)16)6(11)7(5)17-3-9(12,13)14/h1-2H,3H2,(H,15,16). The zero-order valence-corrected chi connectivity index (χ0v) is 11.2. The first-order valence-corrected chi connectivity index (χ1v) is 5.72. The van der Waals surface area contributed by atoms with Crippen LogP contribution in [0.3, 0.4) is 0 Å². The fraction of sp³-hybridized carbons (Fsp3) is 0.222. The van der Waals surface area contributed by atoms with Gasteiger partial charge in [-0.1, -0.05) is 0 Å². The minimum Gasteiger partial charge on any atom is -0.482 e. The van der Waals surface area contributed by atoms with Gasteiger partial charge >= 0.3 is 12.1 Å². The van der Waals surface area contributed by atoms with E-state index in [1.165, 1.54) is 12.1 Å². The van der Waals surface area contributed by atoms with Crippen molar-refractivity contribution in [2.24, 2.45) is 0 Å². The fourth-order valence-corrected chi connectivity index (χ4v) is 2.32. The Morgan fingerprint density at radius 1 is 1.35 bits per heavy atom. The van der Waals surface area contributed by atoms with E-state index < -0.39 is 18.8 Å². The van der Waals surface area contributed by atoms with Gasteiger partial charge in [0.1, 0.15) is 5.75 Å². The number of alkyl halides is 3. The van der Waals surface area contributed by atoms with Gasteiger partial charge in [0.25, 0.3) is 0 Å². The molecule has 1 aromatic rings. The molecular weight excluding hydrogens is 373 g/mol. The Balaban J connectivity index is 3.06. The molecule has 0 aliphatic rings. The lowest BCUT2D eigenvalue weighted by atomic mass is 10.2. The summed E-state index contributed by atoms with van der Waals surface area (Å²) in [6, 6.07) is 2.55. The van der Waals surface area contributed by atoms with E-state index in [9.17, 15) is 18.0 Å². The summed E-state index contributed by atoms with van der Waals surface area (Å²) < 4.78 is 40.7. The van der Waals surface area contributed by atoms with E-state index in [0.29, 0.717) is 0 Å². The Kier molecular flexibility index (Phi) is 4.42. The highest BCUT2D eigenvalue weighted by Gasteiger charge is 2.29. The number of carbonyl (C=O) groups is 1. The summed E-state index contributed by atoms with van der Waals surface area (Å²) >= 11 is 5.88. The van der Waals surface area contributed by atoms with Crippen molar-refractivity contribution in [3.8, 4) is 5.75 Å². The number of benzene rings is 1. The molecule has 0 atom stereocenters. The van der Waals surface area contributed by atoms with E-state index in [0.717, 1.165) is 0 Å². The highest BCUT2D eigenvalue weighted by molar-refractivity contribution is 9.11. The molecule has 0 radical (unpaired) electrons. The lowest BCUT2D eigenvalue weighted by Crippen LogP contribution is -2.19. The van der Waals surface area contributed by atoms with E-state index in [4.69, 9.17) is 5.11 Å². The van der Waals surface area contributed by atoms with Gasteiger partial charge in [0.05, 0.1) is 14.5 Å². The van der Waals surface area contributed by atoms with Gasteiger partial charge < -0.3 is 9.84 Å². The normalized spacial score (nSPS) is 11.4. The number of ether oxygens (including phenoxy) is 1. The Morgan fingerprint density at radius 2 is 1.94 bits per heavy atom. The maximum atomic E-state index is 12.0. The number of carboxylic acid groups (broad SMARTS) is 1. The SMILES string of the molecule is O=C(O)c1ccc(Br)c(OCC(F)(F)F)c1Br. The smallest absolute Gasteiger partial charge is 0.422 e. The fourth-order valence-electron chi connectivity index (χ4n) is 0.984. The third kappa shape index (κ3) is 3.88. The molecule has 0 fully saturated rings. The molecule has 1 N–H and O–H groups in total. The Hall–Kier alpha value is -0.760. The van der Waals surface area contributed by atoms with Gasteiger partial charge in [0.2, 0.25) is 0 Å². The van der Waals surface area contributed by atoms with Crippen LogP contribution in [-0.2, 0) is 0 Å². The lowest BCUT2D eigenvalue weighted by Gasteiger charge is -2.13. The van der Waals surface area contributed by atoms with Gasteiger partial charge in [-0.15, -0.1) is 0 Å². The molecular formula is C9H5Br2F3O3. The van der Waals surface area contributed by atoms with Crippen LogP contribution in [0.1, 0.15) is 10.4 Å². The van der Waals surface area contributed by atoms with Crippen molar-refractivity contribution in [2.45, 2.75) is 6.18 Å². The molecule has 1 aromatic carbocycles. The predicted molar refractivity (Wildman–Crippen MR) is 60.4 cm³/mol. The number of rotatable bonds is 3. The van der Waals surface area contributed by atoms with Crippen molar-refractivity contribution in [2.75, 3.05) is 6.61 Å². The predicted octanol–water partition coefficient (Wildman–Crippen LogP) is 3.85. The summed E-state index contributed by atoms with van der Waals surface area (Å²) in [5, 5.41) is 8.79. The molecule has 94 valence electrons. The quantitative estimate of drug-likeness (QED) is 0.870. The molecule has 0 bridgehead atoms. The van der Waals surface area contributed by atoms with Crippen LogP contribution < -0.4 is 4.74 Å². The van der Waals surface area contributed by atoms with Gasteiger partial charge in [-0.3, -0.25) is 0 Å². The van der Waals surface area contributed by atoms with E-state index >= 15 is 0 Å². The maximum Gasteiger partial charge on any atom is 0.422 e. The average molecular weight is 378 g/mol. The topological polar surface area (TPSA) is 46.5 Å². The Bertz CT molecular complexity index is 446. The average Bonchev–Trinajstić information content (AvgIpc) is 2.14. The first kappa shape index (κ1) is 14.3. The molecule has 0 amide bonds. The minimum atomic E-state index is -4.49. The van der Waals surface area contributed by atoms with E-state index in [1.54, 1.807) is 0 Å². The molecule has 0 saturated carbocycles. The summed E-state index contributed by atoms with van der Waals surface area (Å²) in [5.74, 6) is -1.46. The molecule has 8 heteroatoms. The van der Waals surface area contributed by atoms with Gasteiger partial charge in [-0.05, 0) is 44.0 Å². The van der Waals surface area contributed by atoms with E-state index in [2.05, 4.69) is 36.6 Å². The van der Waals surface area contributed by atoms with Crippen LogP contribution in [0.4, 0.5) is 13.2 Å². The van der Waals surface area contributed by atoms with E-state index in [-0.39, 0.29) is 20.3 Å². The highest BCUT2D eigenvalue weighted by atomic mass is 79.9. The minimum absolute atomic E-state index is 0.0383. The zero-order valence-electron chi connectivity index (χ0n) is 8.02. The molecule has 0 aromatic heterocycles. The molecule has 0 aliphatic heterocycles. The number of hydrogen-bond donors (Lipinski definition) is 1. The number of aromatic carboxylic acids is 1.